The fourth-order valence-electron chi connectivity index (χ4n) is 1.08. The Kier molecular flexibility index (Phi) is 5.26. The highest BCUT2D eigenvalue weighted by Crippen LogP contribution is 2.19. The Morgan fingerprint density at radius 1 is 1.33 bits per heavy atom. The lowest BCUT2D eigenvalue weighted by atomic mass is 10.3. The van der Waals surface area contributed by atoms with Gasteiger partial charge in [0.15, 0.2) is 0 Å². The van der Waals surface area contributed by atoms with Crippen molar-refractivity contribution < 1.29 is 23.9 Å². The average molecular weight is 268 g/mol. The van der Waals surface area contributed by atoms with Crippen molar-refractivity contribution in [1.29, 1.82) is 0 Å². The number of Topliss-reactive ketones (excluding diaryl/α,β-unsaturated/α-hetero) is 1. The van der Waals surface area contributed by atoms with Crippen molar-refractivity contribution in [2.75, 3.05) is 13.7 Å². The molecular formula is C12H12O5S. The number of rotatable bonds is 5. The molecule has 96 valence electrons. The van der Waals surface area contributed by atoms with Gasteiger partial charge in [-0.15, -0.1) is 11.3 Å². The van der Waals surface area contributed by atoms with Crippen LogP contribution in [0.1, 0.15) is 21.5 Å². The van der Waals surface area contributed by atoms with Gasteiger partial charge in [-0.25, -0.2) is 9.59 Å². The maximum atomic E-state index is 11.6. The van der Waals surface area contributed by atoms with Crippen LogP contribution in [0.3, 0.4) is 0 Å². The molecule has 0 saturated carbocycles. The smallest absolute Gasteiger partial charge is 0.380 e. The maximum Gasteiger partial charge on any atom is 0.380 e. The Bertz CT molecular complexity index is 486. The van der Waals surface area contributed by atoms with Gasteiger partial charge in [0, 0.05) is 11.0 Å². The van der Waals surface area contributed by atoms with Crippen molar-refractivity contribution in [2.24, 2.45) is 0 Å². The van der Waals surface area contributed by atoms with E-state index in [0.29, 0.717) is 4.88 Å². The van der Waals surface area contributed by atoms with Crippen LogP contribution in [-0.4, -0.2) is 31.4 Å². The summed E-state index contributed by atoms with van der Waals surface area (Å²) in [5.74, 6) is -2.04. The molecule has 0 radical (unpaired) electrons. The van der Waals surface area contributed by atoms with E-state index in [1.165, 1.54) is 25.3 Å². The SMILES string of the molecule is CCOC(=O)C(=O)c1ccc(C=CC(=O)OC)s1. The van der Waals surface area contributed by atoms with Gasteiger partial charge in [0.1, 0.15) is 0 Å². The van der Waals surface area contributed by atoms with Crippen molar-refractivity contribution in [3.8, 4) is 0 Å². The lowest BCUT2D eigenvalue weighted by Gasteiger charge is -1.97. The first kappa shape index (κ1) is 14.1. The molecular weight excluding hydrogens is 256 g/mol. The van der Waals surface area contributed by atoms with Gasteiger partial charge >= 0.3 is 11.9 Å². The van der Waals surface area contributed by atoms with Crippen molar-refractivity contribution >= 4 is 35.1 Å². The minimum absolute atomic E-state index is 0.158. The van der Waals surface area contributed by atoms with E-state index < -0.39 is 17.7 Å². The normalized spacial score (nSPS) is 10.3. The first-order valence-electron chi connectivity index (χ1n) is 5.15. The van der Waals surface area contributed by atoms with Crippen LogP contribution in [0.4, 0.5) is 0 Å². The van der Waals surface area contributed by atoms with E-state index >= 15 is 0 Å². The van der Waals surface area contributed by atoms with Gasteiger partial charge in [0.2, 0.25) is 0 Å². The third-order valence-corrected chi connectivity index (χ3v) is 2.95. The highest BCUT2D eigenvalue weighted by atomic mass is 32.1. The van der Waals surface area contributed by atoms with E-state index in [4.69, 9.17) is 0 Å². The third-order valence-electron chi connectivity index (χ3n) is 1.90. The molecule has 0 amide bonds. The second-order valence-corrected chi connectivity index (χ2v) is 4.22. The summed E-state index contributed by atoms with van der Waals surface area (Å²) in [4.78, 5) is 34.6. The van der Waals surface area contributed by atoms with Gasteiger partial charge < -0.3 is 9.47 Å². The first-order valence-corrected chi connectivity index (χ1v) is 5.97. The molecule has 0 aromatic carbocycles. The molecule has 5 nitrogen and oxygen atoms in total. The molecule has 0 aliphatic heterocycles. The van der Waals surface area contributed by atoms with E-state index in [2.05, 4.69) is 9.47 Å². The Balaban J connectivity index is 2.74. The number of esters is 2. The maximum absolute atomic E-state index is 11.6. The average Bonchev–Trinajstić information content (AvgIpc) is 2.84. The van der Waals surface area contributed by atoms with Crippen molar-refractivity contribution in [1.82, 2.24) is 0 Å². The summed E-state index contributed by atoms with van der Waals surface area (Å²) in [5.41, 5.74) is 0. The minimum Gasteiger partial charge on any atom is -0.466 e. The van der Waals surface area contributed by atoms with Crippen molar-refractivity contribution in [3.63, 3.8) is 0 Å². The first-order chi connectivity index (χ1) is 8.58. The van der Waals surface area contributed by atoms with Gasteiger partial charge in [-0.1, -0.05) is 0 Å². The molecule has 0 saturated heterocycles. The van der Waals surface area contributed by atoms with E-state index in [9.17, 15) is 14.4 Å². The molecule has 1 heterocycles. The molecule has 0 N–H and O–H groups in total. The summed E-state index contributed by atoms with van der Waals surface area (Å²) in [5, 5.41) is 0. The van der Waals surface area contributed by atoms with Crippen LogP contribution in [0, 0.1) is 0 Å². The Hall–Kier alpha value is -1.95. The molecule has 18 heavy (non-hydrogen) atoms. The number of thiophene rings is 1. The van der Waals surface area contributed by atoms with Crippen LogP contribution in [-0.2, 0) is 19.1 Å². The highest BCUT2D eigenvalue weighted by molar-refractivity contribution is 7.15. The summed E-state index contributed by atoms with van der Waals surface area (Å²) in [6.07, 6.45) is 2.75. The van der Waals surface area contributed by atoms with Gasteiger partial charge in [0.05, 0.1) is 18.6 Å². The van der Waals surface area contributed by atoms with Crippen LogP contribution in [0.25, 0.3) is 6.08 Å². The molecule has 1 aromatic rings. The number of carbonyl (C=O) groups is 3. The molecule has 6 heteroatoms. The standard InChI is InChI=1S/C12H12O5S/c1-3-17-12(15)11(14)9-6-4-8(18-9)5-7-10(13)16-2/h4-7H,3H2,1-2H3. The van der Waals surface area contributed by atoms with Crippen molar-refractivity contribution in [3.05, 3.63) is 28.0 Å². The fraction of sp³-hybridized carbons (Fsp3) is 0.250. The Labute approximate surface area is 108 Å². The van der Waals surface area contributed by atoms with Crippen molar-refractivity contribution in [2.45, 2.75) is 6.92 Å². The largest absolute Gasteiger partial charge is 0.466 e. The second-order valence-electron chi connectivity index (χ2n) is 3.11. The minimum atomic E-state index is -0.872. The van der Waals surface area contributed by atoms with Gasteiger partial charge in [0.25, 0.3) is 5.78 Å². The number of hydrogen-bond donors (Lipinski definition) is 0. The zero-order valence-corrected chi connectivity index (χ0v) is 10.8. The zero-order valence-electron chi connectivity index (χ0n) is 9.97. The summed E-state index contributed by atoms with van der Waals surface area (Å²) in [7, 11) is 1.27. The molecule has 0 unspecified atom stereocenters. The predicted octanol–water partition coefficient (Wildman–Crippen LogP) is 1.68. The molecule has 1 rings (SSSR count). The lowest BCUT2D eigenvalue weighted by Crippen LogP contribution is -2.16. The van der Waals surface area contributed by atoms with Crippen LogP contribution in [0.15, 0.2) is 18.2 Å². The molecule has 1 aromatic heterocycles. The number of hydrogen-bond acceptors (Lipinski definition) is 6. The third kappa shape index (κ3) is 3.81. The molecule has 0 spiro atoms. The monoisotopic (exact) mass is 268 g/mol. The molecule has 0 atom stereocenters. The van der Waals surface area contributed by atoms with E-state index in [1.807, 2.05) is 0 Å². The molecule has 0 fully saturated rings. The van der Waals surface area contributed by atoms with Gasteiger partial charge in [-0.2, -0.15) is 0 Å². The number of ketones is 1. The van der Waals surface area contributed by atoms with E-state index in [0.717, 1.165) is 11.3 Å². The fourth-order valence-corrected chi connectivity index (χ4v) is 1.92. The Morgan fingerprint density at radius 3 is 2.67 bits per heavy atom. The van der Waals surface area contributed by atoms with Crippen LogP contribution in [0.5, 0.6) is 0 Å². The topological polar surface area (TPSA) is 69.7 Å². The summed E-state index contributed by atoms with van der Waals surface area (Å²) in [6, 6.07) is 3.15. The zero-order chi connectivity index (χ0) is 13.5. The molecule has 0 aliphatic rings. The predicted molar refractivity (Wildman–Crippen MR) is 66.3 cm³/mol. The lowest BCUT2D eigenvalue weighted by molar-refractivity contribution is -0.137. The van der Waals surface area contributed by atoms with E-state index in [1.54, 1.807) is 13.0 Å². The van der Waals surface area contributed by atoms with Gasteiger partial charge in [-0.05, 0) is 25.1 Å². The quantitative estimate of drug-likeness (QED) is 0.352. The number of carbonyl (C=O) groups excluding carboxylic acids is 3. The molecule has 0 aliphatic carbocycles. The number of ether oxygens (including phenoxy) is 2. The molecule has 0 bridgehead atoms. The Morgan fingerprint density at radius 2 is 2.06 bits per heavy atom. The summed E-state index contributed by atoms with van der Waals surface area (Å²) >= 11 is 1.10. The highest BCUT2D eigenvalue weighted by Gasteiger charge is 2.18. The van der Waals surface area contributed by atoms with E-state index in [-0.39, 0.29) is 11.5 Å². The second kappa shape index (κ2) is 6.70. The number of methoxy groups -OCH3 is 1. The summed E-state index contributed by atoms with van der Waals surface area (Å²) < 4.78 is 9.04. The van der Waals surface area contributed by atoms with Crippen LogP contribution < -0.4 is 0 Å². The van der Waals surface area contributed by atoms with Crippen LogP contribution >= 0.6 is 11.3 Å². The van der Waals surface area contributed by atoms with Gasteiger partial charge in [-0.3, -0.25) is 4.79 Å². The summed E-state index contributed by atoms with van der Waals surface area (Å²) in [6.45, 7) is 1.79. The van der Waals surface area contributed by atoms with Crippen LogP contribution in [0.2, 0.25) is 0 Å².